The number of hydrogen-bond donors (Lipinski definition) is 1. The molecule has 4 heteroatoms. The summed E-state index contributed by atoms with van der Waals surface area (Å²) >= 11 is 0. The van der Waals surface area contributed by atoms with Crippen molar-refractivity contribution in [3.63, 3.8) is 0 Å². The van der Waals surface area contributed by atoms with Gasteiger partial charge in [0.25, 0.3) is 0 Å². The average Bonchev–Trinajstić information content (AvgIpc) is 2.43. The van der Waals surface area contributed by atoms with Gasteiger partial charge in [0, 0.05) is 26.3 Å². The molecule has 0 saturated carbocycles. The Kier molecular flexibility index (Phi) is 7.15. The van der Waals surface area contributed by atoms with Crippen LogP contribution in [0, 0.1) is 0 Å². The highest BCUT2D eigenvalue weighted by molar-refractivity contribution is 5.77. The van der Waals surface area contributed by atoms with E-state index in [0.717, 1.165) is 6.42 Å². The zero-order valence-corrected chi connectivity index (χ0v) is 12.1. The molecular weight excluding hydrogens is 240 g/mol. The largest absolute Gasteiger partial charge is 0.385 e. The first-order chi connectivity index (χ1) is 9.15. The second kappa shape index (κ2) is 8.67. The molecule has 0 aromatic heterocycles. The molecule has 1 atom stereocenters. The fraction of sp³-hybridized carbons (Fsp3) is 0.533. The lowest BCUT2D eigenvalue weighted by Crippen LogP contribution is -2.37. The summed E-state index contributed by atoms with van der Waals surface area (Å²) in [5.41, 5.74) is 1.22. The fourth-order valence-corrected chi connectivity index (χ4v) is 1.85. The number of hydrogen-bond acceptors (Lipinski definition) is 3. The van der Waals surface area contributed by atoms with Crippen LogP contribution in [0.4, 0.5) is 0 Å². The highest BCUT2D eigenvalue weighted by atomic mass is 16.5. The molecule has 1 aromatic rings. The number of likely N-dealkylation sites (N-methyl/N-ethyl adjacent to an activating group) is 1. The number of methoxy groups -OCH3 is 1. The van der Waals surface area contributed by atoms with Crippen molar-refractivity contribution in [3.05, 3.63) is 35.9 Å². The Morgan fingerprint density at radius 3 is 2.68 bits per heavy atom. The summed E-state index contributed by atoms with van der Waals surface area (Å²) in [6.45, 7) is 3.85. The summed E-state index contributed by atoms with van der Waals surface area (Å²) in [5, 5.41) is 2.89. The summed E-state index contributed by atoms with van der Waals surface area (Å²) < 4.78 is 4.94. The van der Waals surface area contributed by atoms with Crippen LogP contribution in [0.25, 0.3) is 0 Å². The minimum Gasteiger partial charge on any atom is -0.385 e. The summed E-state index contributed by atoms with van der Waals surface area (Å²) in [6.07, 6.45) is 0.847. The zero-order valence-electron chi connectivity index (χ0n) is 12.1. The van der Waals surface area contributed by atoms with Crippen molar-refractivity contribution in [1.29, 1.82) is 0 Å². The maximum Gasteiger partial charge on any atom is 0.234 e. The van der Waals surface area contributed by atoms with Crippen LogP contribution in [-0.4, -0.2) is 44.7 Å². The molecule has 1 N–H and O–H groups in total. The van der Waals surface area contributed by atoms with Crippen LogP contribution in [0.15, 0.2) is 30.3 Å². The summed E-state index contributed by atoms with van der Waals surface area (Å²) in [7, 11) is 3.63. The second-order valence-electron chi connectivity index (χ2n) is 4.70. The third kappa shape index (κ3) is 5.85. The summed E-state index contributed by atoms with van der Waals surface area (Å²) in [6, 6.07) is 10.4. The quantitative estimate of drug-likeness (QED) is 0.728. The number of nitrogens with zero attached hydrogens (tertiary/aromatic N) is 1. The molecule has 4 nitrogen and oxygen atoms in total. The number of amides is 1. The number of nitrogens with one attached hydrogen (secondary N) is 1. The SMILES string of the molecule is COCCCNC(=O)CN(C)[C@H](C)c1ccccc1. The molecule has 1 amide bonds. The molecular formula is C15H24N2O2. The number of carbonyl (C=O) groups is 1. The van der Waals surface area contributed by atoms with E-state index in [1.165, 1.54) is 5.56 Å². The molecule has 0 aliphatic carbocycles. The Hall–Kier alpha value is -1.39. The highest BCUT2D eigenvalue weighted by Gasteiger charge is 2.14. The van der Waals surface area contributed by atoms with E-state index in [1.54, 1.807) is 7.11 Å². The van der Waals surface area contributed by atoms with Gasteiger partial charge in [-0.15, -0.1) is 0 Å². The van der Waals surface area contributed by atoms with Crippen LogP contribution < -0.4 is 5.32 Å². The van der Waals surface area contributed by atoms with E-state index in [9.17, 15) is 4.79 Å². The number of rotatable bonds is 8. The molecule has 106 valence electrons. The first-order valence-electron chi connectivity index (χ1n) is 6.66. The topological polar surface area (TPSA) is 41.6 Å². The monoisotopic (exact) mass is 264 g/mol. The number of carbonyl (C=O) groups excluding carboxylic acids is 1. The molecule has 1 aromatic carbocycles. The van der Waals surface area contributed by atoms with Gasteiger partial charge in [-0.2, -0.15) is 0 Å². The van der Waals surface area contributed by atoms with E-state index in [-0.39, 0.29) is 11.9 Å². The predicted molar refractivity (Wildman–Crippen MR) is 77.0 cm³/mol. The Bertz CT molecular complexity index is 368. The molecule has 0 heterocycles. The molecule has 0 aliphatic heterocycles. The zero-order chi connectivity index (χ0) is 14.1. The van der Waals surface area contributed by atoms with E-state index in [0.29, 0.717) is 19.7 Å². The first kappa shape index (κ1) is 15.7. The lowest BCUT2D eigenvalue weighted by atomic mass is 10.1. The van der Waals surface area contributed by atoms with Gasteiger partial charge < -0.3 is 10.1 Å². The Morgan fingerprint density at radius 1 is 1.37 bits per heavy atom. The van der Waals surface area contributed by atoms with Gasteiger partial charge in [0.1, 0.15) is 0 Å². The molecule has 1 rings (SSSR count). The normalized spacial score (nSPS) is 12.4. The van der Waals surface area contributed by atoms with Crippen LogP contribution >= 0.6 is 0 Å². The van der Waals surface area contributed by atoms with Crippen LogP contribution in [-0.2, 0) is 9.53 Å². The van der Waals surface area contributed by atoms with Crippen LogP contribution in [0.2, 0.25) is 0 Å². The smallest absolute Gasteiger partial charge is 0.234 e. The maximum atomic E-state index is 11.8. The van der Waals surface area contributed by atoms with Gasteiger partial charge in [-0.3, -0.25) is 9.69 Å². The predicted octanol–water partition coefficient (Wildman–Crippen LogP) is 1.83. The Morgan fingerprint density at radius 2 is 2.05 bits per heavy atom. The van der Waals surface area contributed by atoms with Crippen molar-refractivity contribution in [2.24, 2.45) is 0 Å². The van der Waals surface area contributed by atoms with E-state index < -0.39 is 0 Å². The second-order valence-corrected chi connectivity index (χ2v) is 4.70. The highest BCUT2D eigenvalue weighted by Crippen LogP contribution is 2.17. The minimum atomic E-state index is 0.0568. The molecule has 0 bridgehead atoms. The van der Waals surface area contributed by atoms with Crippen LogP contribution in [0.1, 0.15) is 24.9 Å². The van der Waals surface area contributed by atoms with Gasteiger partial charge in [-0.25, -0.2) is 0 Å². The molecule has 19 heavy (non-hydrogen) atoms. The van der Waals surface area contributed by atoms with Crippen LogP contribution in [0.5, 0.6) is 0 Å². The summed E-state index contributed by atoms with van der Waals surface area (Å²) in [5.74, 6) is 0.0568. The summed E-state index contributed by atoms with van der Waals surface area (Å²) in [4.78, 5) is 13.8. The first-order valence-corrected chi connectivity index (χ1v) is 6.66. The third-order valence-corrected chi connectivity index (χ3v) is 3.18. The molecule has 0 saturated heterocycles. The van der Waals surface area contributed by atoms with Crippen molar-refractivity contribution in [3.8, 4) is 0 Å². The number of ether oxygens (including phenoxy) is 1. The van der Waals surface area contributed by atoms with Gasteiger partial charge in [0.05, 0.1) is 6.54 Å². The van der Waals surface area contributed by atoms with Gasteiger partial charge in [0.15, 0.2) is 0 Å². The molecule has 0 aliphatic rings. The van der Waals surface area contributed by atoms with E-state index in [1.807, 2.05) is 30.1 Å². The van der Waals surface area contributed by atoms with E-state index in [4.69, 9.17) is 4.74 Å². The van der Waals surface area contributed by atoms with Crippen molar-refractivity contribution in [2.45, 2.75) is 19.4 Å². The van der Waals surface area contributed by atoms with Gasteiger partial charge >= 0.3 is 0 Å². The molecule has 0 radical (unpaired) electrons. The standard InChI is InChI=1S/C15H24N2O2/c1-13(14-8-5-4-6-9-14)17(2)12-15(18)16-10-7-11-19-3/h4-6,8-9,13H,7,10-12H2,1-3H3,(H,16,18)/t13-/m1/s1. The van der Waals surface area contributed by atoms with Crippen molar-refractivity contribution < 1.29 is 9.53 Å². The number of benzene rings is 1. The third-order valence-electron chi connectivity index (χ3n) is 3.18. The molecule has 0 fully saturated rings. The minimum absolute atomic E-state index is 0.0568. The van der Waals surface area contributed by atoms with Gasteiger partial charge in [-0.05, 0) is 26.0 Å². The van der Waals surface area contributed by atoms with Crippen LogP contribution in [0.3, 0.4) is 0 Å². The van der Waals surface area contributed by atoms with E-state index >= 15 is 0 Å². The lowest BCUT2D eigenvalue weighted by molar-refractivity contribution is -0.122. The lowest BCUT2D eigenvalue weighted by Gasteiger charge is -2.24. The van der Waals surface area contributed by atoms with Gasteiger partial charge in [0.2, 0.25) is 5.91 Å². The van der Waals surface area contributed by atoms with Crippen molar-refractivity contribution in [1.82, 2.24) is 10.2 Å². The fourth-order valence-electron chi connectivity index (χ4n) is 1.85. The van der Waals surface area contributed by atoms with E-state index in [2.05, 4.69) is 24.4 Å². The van der Waals surface area contributed by atoms with Crippen molar-refractivity contribution >= 4 is 5.91 Å². The Balaban J connectivity index is 2.33. The van der Waals surface area contributed by atoms with Gasteiger partial charge in [-0.1, -0.05) is 30.3 Å². The average molecular weight is 264 g/mol. The van der Waals surface area contributed by atoms with Crippen molar-refractivity contribution in [2.75, 3.05) is 33.9 Å². The molecule has 0 spiro atoms. The maximum absolute atomic E-state index is 11.8. The molecule has 0 unspecified atom stereocenters. The Labute approximate surface area is 115 Å².